The number of rotatable bonds is 5. The van der Waals surface area contributed by atoms with Crippen LogP contribution in [0.1, 0.15) is 18.4 Å². The van der Waals surface area contributed by atoms with Gasteiger partial charge in [-0.1, -0.05) is 18.2 Å². The Bertz CT molecular complexity index is 930. The first-order chi connectivity index (χ1) is 12.6. The van der Waals surface area contributed by atoms with Crippen LogP contribution < -0.4 is 16.4 Å². The summed E-state index contributed by atoms with van der Waals surface area (Å²) in [6.45, 7) is 1.88. The Morgan fingerprint density at radius 2 is 1.88 bits per heavy atom. The molecule has 1 aromatic carbocycles. The molecule has 8 heteroatoms. The van der Waals surface area contributed by atoms with Crippen molar-refractivity contribution in [2.24, 2.45) is 5.73 Å². The van der Waals surface area contributed by atoms with Gasteiger partial charge in [-0.25, -0.2) is 19.4 Å². The van der Waals surface area contributed by atoms with Gasteiger partial charge in [0.25, 0.3) is 0 Å². The first-order valence-electron chi connectivity index (χ1n) is 8.42. The summed E-state index contributed by atoms with van der Waals surface area (Å²) in [5.41, 5.74) is 8.41. The molecule has 0 aliphatic heterocycles. The molecular formula is C18H19N7O. The lowest BCUT2D eigenvalue weighted by atomic mass is 10.1. The molecule has 0 bridgehead atoms. The van der Waals surface area contributed by atoms with Gasteiger partial charge in [-0.15, -0.1) is 0 Å². The molecule has 26 heavy (non-hydrogen) atoms. The van der Waals surface area contributed by atoms with Gasteiger partial charge in [-0.2, -0.15) is 5.10 Å². The highest BCUT2D eigenvalue weighted by atomic mass is 16.2. The molecule has 1 saturated carbocycles. The zero-order valence-electron chi connectivity index (χ0n) is 14.3. The number of nitrogens with one attached hydrogen (secondary N) is 2. The number of anilines is 2. The average Bonchev–Trinajstić information content (AvgIpc) is 3.40. The number of benzene rings is 1. The first kappa shape index (κ1) is 16.1. The summed E-state index contributed by atoms with van der Waals surface area (Å²) in [5, 5.41) is 10.6. The van der Waals surface area contributed by atoms with E-state index in [1.165, 1.54) is 0 Å². The van der Waals surface area contributed by atoms with Crippen LogP contribution in [0.2, 0.25) is 0 Å². The van der Waals surface area contributed by atoms with Gasteiger partial charge < -0.3 is 11.1 Å². The second kappa shape index (κ2) is 6.47. The SMILES string of the molecule is Cc1c(-c2cnc(NC3CC3)nc2)nn(-c2ccccc2)c1NC(N)=O. The van der Waals surface area contributed by atoms with Gasteiger partial charge in [0.15, 0.2) is 0 Å². The molecule has 2 amide bonds. The fourth-order valence-electron chi connectivity index (χ4n) is 2.72. The smallest absolute Gasteiger partial charge is 0.317 e. The van der Waals surface area contributed by atoms with E-state index < -0.39 is 6.03 Å². The van der Waals surface area contributed by atoms with Gasteiger partial charge in [0, 0.05) is 29.6 Å². The first-order valence-corrected chi connectivity index (χ1v) is 8.42. The predicted octanol–water partition coefficient (Wildman–Crippen LogP) is 2.70. The summed E-state index contributed by atoms with van der Waals surface area (Å²) >= 11 is 0. The minimum absolute atomic E-state index is 0.492. The van der Waals surface area contributed by atoms with Crippen LogP contribution in [0.15, 0.2) is 42.7 Å². The molecule has 1 aliphatic rings. The number of primary amides is 1. The molecule has 0 unspecified atom stereocenters. The van der Waals surface area contributed by atoms with Gasteiger partial charge in [-0.05, 0) is 31.9 Å². The van der Waals surface area contributed by atoms with Crippen molar-refractivity contribution in [3.05, 3.63) is 48.3 Å². The van der Waals surface area contributed by atoms with Gasteiger partial charge in [-0.3, -0.25) is 5.32 Å². The fourth-order valence-corrected chi connectivity index (χ4v) is 2.72. The second-order valence-electron chi connectivity index (χ2n) is 6.27. The van der Waals surface area contributed by atoms with Crippen molar-refractivity contribution < 1.29 is 4.79 Å². The van der Waals surface area contributed by atoms with E-state index in [9.17, 15) is 4.79 Å². The van der Waals surface area contributed by atoms with Crippen LogP contribution in [0, 0.1) is 6.92 Å². The molecule has 3 aromatic rings. The Hall–Kier alpha value is -3.42. The minimum Gasteiger partial charge on any atom is -0.351 e. The highest BCUT2D eigenvalue weighted by Gasteiger charge is 2.22. The molecule has 2 aromatic heterocycles. The number of para-hydroxylation sites is 1. The summed E-state index contributed by atoms with van der Waals surface area (Å²) in [4.78, 5) is 20.2. The van der Waals surface area contributed by atoms with E-state index in [4.69, 9.17) is 5.73 Å². The zero-order valence-corrected chi connectivity index (χ0v) is 14.3. The largest absolute Gasteiger partial charge is 0.351 e. The highest BCUT2D eigenvalue weighted by molar-refractivity contribution is 5.89. The Morgan fingerprint density at radius 1 is 1.19 bits per heavy atom. The molecule has 1 fully saturated rings. The van der Waals surface area contributed by atoms with Crippen LogP contribution >= 0.6 is 0 Å². The maximum absolute atomic E-state index is 11.4. The van der Waals surface area contributed by atoms with Crippen LogP contribution in [0.5, 0.6) is 0 Å². The van der Waals surface area contributed by atoms with E-state index in [0.717, 1.165) is 29.7 Å². The van der Waals surface area contributed by atoms with Gasteiger partial charge in [0.1, 0.15) is 11.5 Å². The standard InChI is InChI=1S/C18H19N7O/c1-11-15(12-9-20-18(21-10-12)22-13-7-8-13)24-25(16(11)23-17(19)26)14-5-3-2-4-6-14/h2-6,9-10,13H,7-8H2,1H3,(H3,19,23,26)(H,20,21,22). The van der Waals surface area contributed by atoms with E-state index in [2.05, 4.69) is 25.7 Å². The zero-order chi connectivity index (χ0) is 18.1. The molecule has 4 N–H and O–H groups in total. The number of nitrogens with two attached hydrogens (primary N) is 1. The quantitative estimate of drug-likeness (QED) is 0.656. The maximum atomic E-state index is 11.4. The molecule has 8 nitrogen and oxygen atoms in total. The summed E-state index contributed by atoms with van der Waals surface area (Å²) in [6.07, 6.45) is 5.79. The third-order valence-electron chi connectivity index (χ3n) is 4.20. The number of hydrogen-bond donors (Lipinski definition) is 3. The highest BCUT2D eigenvalue weighted by Crippen LogP contribution is 2.30. The topological polar surface area (TPSA) is 111 Å². The molecule has 4 rings (SSSR count). The molecule has 0 atom stereocenters. The summed E-state index contributed by atoms with van der Waals surface area (Å²) in [5.74, 6) is 1.14. The number of carbonyl (C=O) groups excluding carboxylic acids is 1. The van der Waals surface area contributed by atoms with Crippen LogP contribution in [0.4, 0.5) is 16.6 Å². The molecular weight excluding hydrogens is 330 g/mol. The number of aromatic nitrogens is 4. The van der Waals surface area contributed by atoms with E-state index in [0.29, 0.717) is 23.5 Å². The van der Waals surface area contributed by atoms with Crippen LogP contribution in [-0.2, 0) is 0 Å². The van der Waals surface area contributed by atoms with Crippen molar-refractivity contribution in [2.45, 2.75) is 25.8 Å². The Balaban J connectivity index is 1.73. The van der Waals surface area contributed by atoms with Crippen molar-refractivity contribution >= 4 is 17.8 Å². The molecule has 2 heterocycles. The summed E-state index contributed by atoms with van der Waals surface area (Å²) in [6, 6.07) is 9.39. The maximum Gasteiger partial charge on any atom is 0.317 e. The van der Waals surface area contributed by atoms with Gasteiger partial charge >= 0.3 is 6.03 Å². The lowest BCUT2D eigenvalue weighted by Gasteiger charge is -2.07. The molecule has 0 spiro atoms. The number of amides is 2. The third-order valence-corrected chi connectivity index (χ3v) is 4.20. The van der Waals surface area contributed by atoms with Crippen molar-refractivity contribution in [1.82, 2.24) is 19.7 Å². The molecule has 0 saturated heterocycles. The summed E-state index contributed by atoms with van der Waals surface area (Å²) in [7, 11) is 0. The monoisotopic (exact) mass is 349 g/mol. The molecule has 132 valence electrons. The number of nitrogens with zero attached hydrogens (tertiary/aromatic N) is 4. The van der Waals surface area contributed by atoms with E-state index in [1.54, 1.807) is 17.1 Å². The van der Waals surface area contributed by atoms with Crippen LogP contribution in [-0.4, -0.2) is 31.8 Å². The van der Waals surface area contributed by atoms with E-state index >= 15 is 0 Å². The van der Waals surface area contributed by atoms with Crippen molar-refractivity contribution in [3.63, 3.8) is 0 Å². The number of hydrogen-bond acceptors (Lipinski definition) is 5. The number of urea groups is 1. The van der Waals surface area contributed by atoms with E-state index in [-0.39, 0.29) is 0 Å². The summed E-state index contributed by atoms with van der Waals surface area (Å²) < 4.78 is 1.66. The third kappa shape index (κ3) is 3.21. The Kier molecular flexibility index (Phi) is 4.00. The van der Waals surface area contributed by atoms with E-state index in [1.807, 2.05) is 37.3 Å². The second-order valence-corrected chi connectivity index (χ2v) is 6.27. The van der Waals surface area contributed by atoms with Crippen molar-refractivity contribution in [3.8, 4) is 16.9 Å². The van der Waals surface area contributed by atoms with Crippen molar-refractivity contribution in [1.29, 1.82) is 0 Å². The molecule has 0 radical (unpaired) electrons. The van der Waals surface area contributed by atoms with Crippen LogP contribution in [0.25, 0.3) is 16.9 Å². The molecule has 1 aliphatic carbocycles. The number of carbonyl (C=O) groups is 1. The predicted molar refractivity (Wildman–Crippen MR) is 99.2 cm³/mol. The lowest BCUT2D eigenvalue weighted by Crippen LogP contribution is -2.21. The van der Waals surface area contributed by atoms with Gasteiger partial charge in [0.05, 0.1) is 5.69 Å². The minimum atomic E-state index is -0.642. The normalized spacial score (nSPS) is 13.4. The average molecular weight is 349 g/mol. The van der Waals surface area contributed by atoms with Gasteiger partial charge in [0.2, 0.25) is 5.95 Å². The Labute approximate surface area is 150 Å². The Morgan fingerprint density at radius 3 is 2.50 bits per heavy atom. The fraction of sp³-hybridized carbons (Fsp3) is 0.222. The van der Waals surface area contributed by atoms with Crippen molar-refractivity contribution in [2.75, 3.05) is 10.6 Å². The lowest BCUT2D eigenvalue weighted by molar-refractivity contribution is 0.259. The van der Waals surface area contributed by atoms with Crippen LogP contribution in [0.3, 0.4) is 0 Å².